The van der Waals surface area contributed by atoms with Crippen LogP contribution in [-0.4, -0.2) is 27.1 Å². The second-order valence-corrected chi connectivity index (χ2v) is 7.71. The summed E-state index contributed by atoms with van der Waals surface area (Å²) in [5.41, 5.74) is 0.00615. The Morgan fingerprint density at radius 1 is 1.16 bits per heavy atom. The summed E-state index contributed by atoms with van der Waals surface area (Å²) < 4.78 is 50.9. The molecule has 0 heterocycles. The zero-order valence-corrected chi connectivity index (χ0v) is 15.1. The van der Waals surface area contributed by atoms with Gasteiger partial charge in [-0.25, -0.2) is 17.2 Å². The SMILES string of the molecule is CS(=O)(=O)N(CC(=O)Nc1ccc(F)c(F)c1)c1cccc(Cl)c1Cl. The van der Waals surface area contributed by atoms with Gasteiger partial charge >= 0.3 is 0 Å². The summed E-state index contributed by atoms with van der Waals surface area (Å²) >= 11 is 11.9. The van der Waals surface area contributed by atoms with Crippen molar-refractivity contribution in [1.29, 1.82) is 0 Å². The van der Waals surface area contributed by atoms with Gasteiger partial charge < -0.3 is 5.32 Å². The molecular formula is C15H12Cl2F2N2O3S. The lowest BCUT2D eigenvalue weighted by molar-refractivity contribution is -0.114. The minimum Gasteiger partial charge on any atom is -0.324 e. The molecule has 2 rings (SSSR count). The van der Waals surface area contributed by atoms with Crippen molar-refractivity contribution in [1.82, 2.24) is 0 Å². The fourth-order valence-electron chi connectivity index (χ4n) is 1.97. The number of benzene rings is 2. The summed E-state index contributed by atoms with van der Waals surface area (Å²) in [5.74, 6) is -2.98. The Morgan fingerprint density at radius 3 is 2.44 bits per heavy atom. The van der Waals surface area contributed by atoms with Crippen LogP contribution in [-0.2, 0) is 14.8 Å². The van der Waals surface area contributed by atoms with Crippen LogP contribution in [0.15, 0.2) is 36.4 Å². The van der Waals surface area contributed by atoms with Crippen molar-refractivity contribution in [2.24, 2.45) is 0 Å². The summed E-state index contributed by atoms with van der Waals surface area (Å²) in [6.07, 6.45) is 0.898. The highest BCUT2D eigenvalue weighted by atomic mass is 35.5. The van der Waals surface area contributed by atoms with Gasteiger partial charge in [0.1, 0.15) is 6.54 Å². The highest BCUT2D eigenvalue weighted by Gasteiger charge is 2.24. The summed E-state index contributed by atoms with van der Waals surface area (Å²) in [6.45, 7) is -0.627. The van der Waals surface area contributed by atoms with Crippen molar-refractivity contribution in [3.63, 3.8) is 0 Å². The zero-order chi connectivity index (χ0) is 18.8. The van der Waals surface area contributed by atoms with E-state index in [0.29, 0.717) is 0 Å². The van der Waals surface area contributed by atoms with Crippen molar-refractivity contribution >= 4 is 50.5 Å². The predicted molar refractivity (Wildman–Crippen MR) is 93.6 cm³/mol. The zero-order valence-electron chi connectivity index (χ0n) is 12.8. The van der Waals surface area contributed by atoms with Gasteiger partial charge in [0.15, 0.2) is 11.6 Å². The van der Waals surface area contributed by atoms with Gasteiger partial charge in [-0.15, -0.1) is 0 Å². The molecule has 0 aliphatic rings. The number of anilines is 2. The average Bonchev–Trinajstić information content (AvgIpc) is 2.51. The van der Waals surface area contributed by atoms with Crippen LogP contribution >= 0.6 is 23.2 Å². The topological polar surface area (TPSA) is 66.5 Å². The van der Waals surface area contributed by atoms with E-state index in [1.807, 2.05) is 0 Å². The van der Waals surface area contributed by atoms with Crippen LogP contribution in [0.3, 0.4) is 0 Å². The van der Waals surface area contributed by atoms with E-state index in [9.17, 15) is 22.0 Å². The molecule has 10 heteroatoms. The van der Waals surface area contributed by atoms with Crippen LogP contribution in [0.2, 0.25) is 10.0 Å². The molecule has 0 radical (unpaired) electrons. The Kier molecular flexibility index (Phi) is 5.87. The molecule has 1 amide bonds. The van der Waals surface area contributed by atoms with Gasteiger partial charge in [0.05, 0.1) is 22.0 Å². The van der Waals surface area contributed by atoms with Crippen molar-refractivity contribution in [2.75, 3.05) is 22.4 Å². The van der Waals surface area contributed by atoms with Gasteiger partial charge in [0.2, 0.25) is 15.9 Å². The maximum Gasteiger partial charge on any atom is 0.245 e. The number of halogens is 4. The molecule has 0 bridgehead atoms. The van der Waals surface area contributed by atoms with Crippen molar-refractivity contribution in [2.45, 2.75) is 0 Å². The minimum atomic E-state index is -3.86. The van der Waals surface area contributed by atoms with E-state index in [1.54, 1.807) is 0 Å². The standard InChI is InChI=1S/C15H12Cl2F2N2O3S/c1-25(23,24)21(13-4-2-3-10(16)15(13)17)8-14(22)20-9-5-6-11(18)12(19)7-9/h2-7H,8H2,1H3,(H,20,22). The summed E-state index contributed by atoms with van der Waals surface area (Å²) in [4.78, 5) is 12.1. The van der Waals surface area contributed by atoms with Gasteiger partial charge in [0, 0.05) is 11.8 Å². The molecule has 0 fully saturated rings. The minimum absolute atomic E-state index is 0.0189. The van der Waals surface area contributed by atoms with Crippen LogP contribution in [0, 0.1) is 11.6 Å². The molecule has 0 spiro atoms. The number of carbonyl (C=O) groups is 1. The monoisotopic (exact) mass is 408 g/mol. The Bertz CT molecular complexity index is 923. The number of hydrogen-bond donors (Lipinski definition) is 1. The van der Waals surface area contributed by atoms with Gasteiger partial charge in [-0.1, -0.05) is 29.3 Å². The first-order chi connectivity index (χ1) is 11.6. The average molecular weight is 409 g/mol. The number of carbonyl (C=O) groups excluding carboxylic acids is 1. The second kappa shape index (κ2) is 7.55. The molecule has 0 aliphatic carbocycles. The summed E-state index contributed by atoms with van der Waals surface area (Å²) in [5, 5.41) is 2.38. The van der Waals surface area contributed by atoms with Crippen LogP contribution < -0.4 is 9.62 Å². The van der Waals surface area contributed by atoms with Crippen LogP contribution in [0.5, 0.6) is 0 Å². The second-order valence-electron chi connectivity index (χ2n) is 5.02. The molecule has 134 valence electrons. The number of amides is 1. The van der Waals surface area contributed by atoms with Crippen molar-refractivity contribution < 1.29 is 22.0 Å². The van der Waals surface area contributed by atoms with E-state index in [-0.39, 0.29) is 21.4 Å². The van der Waals surface area contributed by atoms with Crippen LogP contribution in [0.4, 0.5) is 20.2 Å². The Morgan fingerprint density at radius 2 is 1.84 bits per heavy atom. The third-order valence-corrected chi connectivity index (χ3v) is 5.03. The highest BCUT2D eigenvalue weighted by molar-refractivity contribution is 7.92. The number of nitrogens with one attached hydrogen (secondary N) is 1. The van der Waals surface area contributed by atoms with Crippen LogP contribution in [0.1, 0.15) is 0 Å². The quantitative estimate of drug-likeness (QED) is 0.820. The number of sulfonamides is 1. The molecule has 0 unspecified atom stereocenters. The fourth-order valence-corrected chi connectivity index (χ4v) is 3.28. The van der Waals surface area contributed by atoms with Crippen molar-refractivity contribution in [3.05, 3.63) is 58.1 Å². The molecule has 5 nitrogen and oxygen atoms in total. The van der Waals surface area contributed by atoms with Crippen molar-refractivity contribution in [3.8, 4) is 0 Å². The molecule has 0 saturated heterocycles. The van der Waals surface area contributed by atoms with Gasteiger partial charge in [-0.05, 0) is 24.3 Å². The van der Waals surface area contributed by atoms with E-state index in [0.717, 1.165) is 28.8 Å². The van der Waals surface area contributed by atoms with E-state index in [1.165, 1.54) is 18.2 Å². The molecule has 0 aliphatic heterocycles. The predicted octanol–water partition coefficient (Wildman–Crippen LogP) is 3.68. The molecule has 1 N–H and O–H groups in total. The van der Waals surface area contributed by atoms with Crippen LogP contribution in [0.25, 0.3) is 0 Å². The van der Waals surface area contributed by atoms with Gasteiger partial charge in [0.25, 0.3) is 0 Å². The highest BCUT2D eigenvalue weighted by Crippen LogP contribution is 2.33. The largest absolute Gasteiger partial charge is 0.324 e. The smallest absolute Gasteiger partial charge is 0.245 e. The first-order valence-corrected chi connectivity index (χ1v) is 9.36. The molecule has 2 aromatic carbocycles. The maximum absolute atomic E-state index is 13.2. The molecule has 25 heavy (non-hydrogen) atoms. The third-order valence-electron chi connectivity index (χ3n) is 3.09. The van der Waals surface area contributed by atoms with E-state index in [4.69, 9.17) is 23.2 Å². The van der Waals surface area contributed by atoms with Gasteiger partial charge in [-0.3, -0.25) is 9.10 Å². The first kappa shape index (κ1) is 19.4. The van der Waals surface area contributed by atoms with E-state index in [2.05, 4.69) is 5.32 Å². The Hall–Kier alpha value is -1.90. The molecule has 2 aromatic rings. The third kappa shape index (κ3) is 4.81. The summed E-state index contributed by atoms with van der Waals surface area (Å²) in [6, 6.07) is 7.11. The number of rotatable bonds is 5. The van der Waals surface area contributed by atoms with E-state index >= 15 is 0 Å². The summed E-state index contributed by atoms with van der Waals surface area (Å²) in [7, 11) is -3.86. The maximum atomic E-state index is 13.2. The Balaban J connectivity index is 2.27. The lowest BCUT2D eigenvalue weighted by Gasteiger charge is -2.23. The molecular weight excluding hydrogens is 397 g/mol. The lowest BCUT2D eigenvalue weighted by atomic mass is 10.3. The Labute approximate surface area is 153 Å². The fraction of sp³-hybridized carbons (Fsp3) is 0.133. The van der Waals surface area contributed by atoms with Gasteiger partial charge in [-0.2, -0.15) is 0 Å². The van der Waals surface area contributed by atoms with E-state index < -0.39 is 34.1 Å². The molecule has 0 atom stereocenters. The number of hydrogen-bond acceptors (Lipinski definition) is 3. The number of nitrogens with zero attached hydrogens (tertiary/aromatic N) is 1. The first-order valence-electron chi connectivity index (χ1n) is 6.76. The molecule has 0 aromatic heterocycles. The lowest BCUT2D eigenvalue weighted by Crippen LogP contribution is -2.37. The molecule has 0 saturated carbocycles. The normalized spacial score (nSPS) is 11.2.